The lowest BCUT2D eigenvalue weighted by Gasteiger charge is -2.32. The van der Waals surface area contributed by atoms with E-state index in [0.717, 1.165) is 19.5 Å². The summed E-state index contributed by atoms with van der Waals surface area (Å²) in [6.07, 6.45) is 1.46. The second-order valence-electron chi connectivity index (χ2n) is 6.71. The molecule has 0 radical (unpaired) electrons. The van der Waals surface area contributed by atoms with Crippen molar-refractivity contribution in [1.29, 1.82) is 0 Å². The third kappa shape index (κ3) is 5.15. The molecule has 0 spiro atoms. The highest BCUT2D eigenvalue weighted by atomic mass is 32.1. The largest absolute Gasteiger partial charge is 0.396 e. The number of fused-ring (bicyclic) bond motifs is 1. The summed E-state index contributed by atoms with van der Waals surface area (Å²) in [6, 6.07) is 12.7. The number of thiophene rings is 1. The number of hydrogen-bond donors (Lipinski definition) is 4. The standard InChI is InChI=1S/C20H25N3O3S/c24-11-4-9-21-19(25)20(26)22-13-17(18-7-3-12-27-18)23-10-8-15-5-1-2-6-16(15)14-23/h1-3,5-7,12,17,24H,4,8-11,13-14H2,(H,21,25)(H,22,26)/p+1/t17-/m1/s1. The van der Waals surface area contributed by atoms with Crippen LogP contribution in [-0.4, -0.2) is 43.2 Å². The lowest BCUT2D eigenvalue weighted by molar-refractivity contribution is -0.945. The number of benzene rings is 1. The third-order valence-electron chi connectivity index (χ3n) is 4.92. The molecule has 0 aliphatic carbocycles. The van der Waals surface area contributed by atoms with E-state index in [-0.39, 0.29) is 12.6 Å². The second kappa shape index (κ2) is 9.64. The molecule has 0 saturated heterocycles. The third-order valence-corrected chi connectivity index (χ3v) is 5.91. The quantitative estimate of drug-likeness (QED) is 0.399. The highest BCUT2D eigenvalue weighted by molar-refractivity contribution is 7.10. The minimum atomic E-state index is -0.646. The molecule has 2 amide bonds. The molecular weight excluding hydrogens is 362 g/mol. The summed E-state index contributed by atoms with van der Waals surface area (Å²) in [5, 5.41) is 16.1. The van der Waals surface area contributed by atoms with Gasteiger partial charge in [0, 0.05) is 25.1 Å². The Morgan fingerprint density at radius 3 is 2.63 bits per heavy atom. The average molecular weight is 389 g/mol. The number of amides is 2. The van der Waals surface area contributed by atoms with Crippen LogP contribution >= 0.6 is 11.3 Å². The number of hydrogen-bond acceptors (Lipinski definition) is 4. The Bertz CT molecular complexity index is 764. The van der Waals surface area contributed by atoms with Crippen LogP contribution in [0.15, 0.2) is 41.8 Å². The van der Waals surface area contributed by atoms with Crippen molar-refractivity contribution >= 4 is 23.2 Å². The first-order chi connectivity index (χ1) is 13.2. The van der Waals surface area contributed by atoms with E-state index >= 15 is 0 Å². The fourth-order valence-electron chi connectivity index (χ4n) is 3.47. The zero-order valence-electron chi connectivity index (χ0n) is 15.2. The van der Waals surface area contributed by atoms with E-state index in [0.29, 0.717) is 19.5 Å². The first-order valence-electron chi connectivity index (χ1n) is 9.30. The number of quaternary nitrogens is 1. The molecule has 0 saturated carbocycles. The zero-order chi connectivity index (χ0) is 19.1. The summed E-state index contributed by atoms with van der Waals surface area (Å²) >= 11 is 1.68. The molecule has 2 aromatic rings. The van der Waals surface area contributed by atoms with Gasteiger partial charge in [-0.1, -0.05) is 30.3 Å². The van der Waals surface area contributed by atoms with Crippen LogP contribution in [0.2, 0.25) is 0 Å². The van der Waals surface area contributed by atoms with Crippen LogP contribution in [-0.2, 0) is 22.6 Å². The van der Waals surface area contributed by atoms with E-state index in [1.165, 1.54) is 20.9 Å². The highest BCUT2D eigenvalue weighted by Gasteiger charge is 2.30. The lowest BCUT2D eigenvalue weighted by Crippen LogP contribution is -3.12. The Labute approximate surface area is 163 Å². The molecule has 7 heteroatoms. The van der Waals surface area contributed by atoms with Gasteiger partial charge in [-0.2, -0.15) is 0 Å². The molecule has 144 valence electrons. The zero-order valence-corrected chi connectivity index (χ0v) is 16.1. The van der Waals surface area contributed by atoms with Crippen LogP contribution in [0.3, 0.4) is 0 Å². The molecule has 0 fully saturated rings. The molecule has 2 atom stereocenters. The van der Waals surface area contributed by atoms with Crippen LogP contribution in [0.5, 0.6) is 0 Å². The van der Waals surface area contributed by atoms with Crippen molar-refractivity contribution in [3.63, 3.8) is 0 Å². The molecule has 2 heterocycles. The normalized spacial score (nSPS) is 17.0. The maximum atomic E-state index is 12.1. The molecule has 27 heavy (non-hydrogen) atoms. The number of aliphatic hydroxyl groups is 1. The molecule has 1 aliphatic rings. The minimum Gasteiger partial charge on any atom is -0.396 e. The van der Waals surface area contributed by atoms with Gasteiger partial charge in [0.25, 0.3) is 0 Å². The van der Waals surface area contributed by atoms with E-state index < -0.39 is 11.8 Å². The van der Waals surface area contributed by atoms with Crippen molar-refractivity contribution in [3.8, 4) is 0 Å². The Morgan fingerprint density at radius 2 is 1.89 bits per heavy atom. The van der Waals surface area contributed by atoms with E-state index in [4.69, 9.17) is 5.11 Å². The van der Waals surface area contributed by atoms with Crippen LogP contribution in [0, 0.1) is 0 Å². The first-order valence-corrected chi connectivity index (χ1v) is 10.2. The molecule has 1 aliphatic heterocycles. The Balaban J connectivity index is 1.63. The predicted molar refractivity (Wildman–Crippen MR) is 104 cm³/mol. The van der Waals surface area contributed by atoms with Crippen molar-refractivity contribution in [2.45, 2.75) is 25.4 Å². The Hall–Kier alpha value is -2.22. The van der Waals surface area contributed by atoms with Crippen molar-refractivity contribution in [3.05, 3.63) is 57.8 Å². The van der Waals surface area contributed by atoms with Crippen molar-refractivity contribution < 1.29 is 19.6 Å². The summed E-state index contributed by atoms with van der Waals surface area (Å²) < 4.78 is 0. The molecule has 0 bridgehead atoms. The molecule has 1 unspecified atom stereocenters. The van der Waals surface area contributed by atoms with Gasteiger partial charge in [-0.15, -0.1) is 11.3 Å². The van der Waals surface area contributed by atoms with Gasteiger partial charge < -0.3 is 20.6 Å². The second-order valence-corrected chi connectivity index (χ2v) is 7.69. The average Bonchev–Trinajstić information content (AvgIpc) is 3.22. The van der Waals surface area contributed by atoms with E-state index in [1.807, 2.05) is 11.4 Å². The van der Waals surface area contributed by atoms with Gasteiger partial charge in [0.15, 0.2) is 0 Å². The van der Waals surface area contributed by atoms with Crippen LogP contribution in [0.25, 0.3) is 0 Å². The smallest absolute Gasteiger partial charge is 0.309 e. The minimum absolute atomic E-state index is 0.0118. The van der Waals surface area contributed by atoms with Crippen LogP contribution in [0.1, 0.15) is 28.5 Å². The maximum Gasteiger partial charge on any atom is 0.309 e. The van der Waals surface area contributed by atoms with Gasteiger partial charge in [0.2, 0.25) is 0 Å². The predicted octanol–water partition coefficient (Wildman–Crippen LogP) is 0.0452. The summed E-state index contributed by atoms with van der Waals surface area (Å²) in [6.45, 7) is 2.62. The first kappa shape index (κ1) is 19.5. The van der Waals surface area contributed by atoms with E-state index in [1.54, 1.807) is 11.3 Å². The summed E-state index contributed by atoms with van der Waals surface area (Å²) in [5.41, 5.74) is 2.76. The molecule has 1 aromatic heterocycles. The molecule has 6 nitrogen and oxygen atoms in total. The molecule has 3 rings (SSSR count). The van der Waals surface area contributed by atoms with Crippen molar-refractivity contribution in [2.75, 3.05) is 26.2 Å². The summed E-state index contributed by atoms with van der Waals surface area (Å²) in [4.78, 5) is 26.6. The van der Waals surface area contributed by atoms with Gasteiger partial charge in [-0.3, -0.25) is 9.59 Å². The Kier molecular flexibility index (Phi) is 6.98. The fraction of sp³-hybridized carbons (Fsp3) is 0.400. The van der Waals surface area contributed by atoms with Gasteiger partial charge in [0.05, 0.1) is 18.0 Å². The van der Waals surface area contributed by atoms with E-state index in [9.17, 15) is 9.59 Å². The monoisotopic (exact) mass is 388 g/mol. The maximum absolute atomic E-state index is 12.1. The summed E-state index contributed by atoms with van der Waals surface area (Å²) in [5.74, 6) is -1.27. The molecule has 1 aromatic carbocycles. The number of carbonyl (C=O) groups excluding carboxylic acids is 2. The SMILES string of the molecule is O=C(NCCCO)C(=O)NC[C@H](c1cccs1)[NH+]1CCc2ccccc2C1. The van der Waals surface area contributed by atoms with Gasteiger partial charge >= 0.3 is 11.8 Å². The number of nitrogens with one attached hydrogen (secondary N) is 3. The van der Waals surface area contributed by atoms with Gasteiger partial charge in [-0.25, -0.2) is 0 Å². The topological polar surface area (TPSA) is 82.9 Å². The van der Waals surface area contributed by atoms with Crippen LogP contribution < -0.4 is 15.5 Å². The lowest BCUT2D eigenvalue weighted by atomic mass is 9.98. The van der Waals surface area contributed by atoms with Crippen LogP contribution in [0.4, 0.5) is 0 Å². The van der Waals surface area contributed by atoms with Gasteiger partial charge in [-0.05, 0) is 23.4 Å². The highest BCUT2D eigenvalue weighted by Crippen LogP contribution is 2.18. The molecular formula is C20H26N3O3S+. The molecule has 4 N–H and O–H groups in total. The summed E-state index contributed by atoms with van der Waals surface area (Å²) in [7, 11) is 0. The number of aliphatic hydroxyl groups excluding tert-OH is 1. The Morgan fingerprint density at radius 1 is 1.11 bits per heavy atom. The number of rotatable bonds is 7. The van der Waals surface area contributed by atoms with Gasteiger partial charge in [0.1, 0.15) is 12.6 Å². The van der Waals surface area contributed by atoms with E-state index in [2.05, 4.69) is 41.0 Å². The van der Waals surface area contributed by atoms with Crippen molar-refractivity contribution in [1.82, 2.24) is 10.6 Å². The fourth-order valence-corrected chi connectivity index (χ4v) is 4.36. The van der Waals surface area contributed by atoms with Crippen molar-refractivity contribution in [2.24, 2.45) is 0 Å². The number of carbonyl (C=O) groups is 2.